The summed E-state index contributed by atoms with van der Waals surface area (Å²) in [5.74, 6) is 0.00436. The number of Topliss-reactive ketones (excluding diaryl/α,β-unsaturated/α-hetero) is 1. The van der Waals surface area contributed by atoms with Crippen molar-refractivity contribution in [1.29, 1.82) is 0 Å². The predicted octanol–water partition coefficient (Wildman–Crippen LogP) is 3.08. The molecule has 108 valence electrons. The number of aromatic amines is 1. The minimum Gasteiger partial charge on any atom is -0.352 e. The van der Waals surface area contributed by atoms with E-state index in [2.05, 4.69) is 4.98 Å². The largest absolute Gasteiger partial charge is 0.352 e. The normalized spacial score (nSPS) is 12.6. The number of H-pyrrole nitrogens is 1. The van der Waals surface area contributed by atoms with Gasteiger partial charge in [-0.1, -0.05) is 14.9 Å². The summed E-state index contributed by atoms with van der Waals surface area (Å²) >= 11 is 0. The van der Waals surface area contributed by atoms with Crippen molar-refractivity contribution in [2.75, 3.05) is 11.4 Å². The van der Waals surface area contributed by atoms with Crippen molar-refractivity contribution in [3.05, 3.63) is 29.5 Å². The second kappa shape index (κ2) is 5.36. The van der Waals surface area contributed by atoms with Crippen molar-refractivity contribution in [2.24, 2.45) is 5.73 Å². The maximum atomic E-state index is 11.4. The lowest BCUT2D eigenvalue weighted by Gasteiger charge is -2.13. The molecule has 1 aromatic carbocycles. The maximum absolute atomic E-state index is 11.4. The van der Waals surface area contributed by atoms with Gasteiger partial charge in [-0.2, -0.15) is 0 Å². The summed E-state index contributed by atoms with van der Waals surface area (Å²) < 4.78 is 0. The van der Waals surface area contributed by atoms with E-state index in [1.54, 1.807) is 4.90 Å². The SMILES string of the molecule is C.C.CC(=O)c1cc2c3c(ccc2[nH]1)N(C(N)=O)CC3. The lowest BCUT2D eigenvalue weighted by atomic mass is 10.1. The Morgan fingerprint density at radius 3 is 2.60 bits per heavy atom. The van der Waals surface area contributed by atoms with Crippen LogP contribution in [0.25, 0.3) is 10.9 Å². The number of hydrogen-bond donors (Lipinski definition) is 2. The lowest BCUT2D eigenvalue weighted by Crippen LogP contribution is -2.33. The molecule has 2 aromatic rings. The fraction of sp³-hybridized carbons (Fsp3) is 0.333. The molecule has 0 radical (unpaired) electrons. The van der Waals surface area contributed by atoms with Gasteiger partial charge >= 0.3 is 6.03 Å². The highest BCUT2D eigenvalue weighted by Crippen LogP contribution is 2.34. The van der Waals surface area contributed by atoms with Crippen LogP contribution in [0.2, 0.25) is 0 Å². The van der Waals surface area contributed by atoms with E-state index in [0.717, 1.165) is 28.6 Å². The third-order valence-corrected chi connectivity index (χ3v) is 3.41. The van der Waals surface area contributed by atoms with Crippen LogP contribution in [0, 0.1) is 0 Å². The number of nitrogens with one attached hydrogen (secondary N) is 1. The highest BCUT2D eigenvalue weighted by molar-refractivity contribution is 6.02. The number of rotatable bonds is 1. The Bertz CT molecular complexity index is 673. The number of ketones is 1. The lowest BCUT2D eigenvalue weighted by molar-refractivity contribution is 0.101. The van der Waals surface area contributed by atoms with Crippen molar-refractivity contribution in [3.63, 3.8) is 0 Å². The topological polar surface area (TPSA) is 79.2 Å². The van der Waals surface area contributed by atoms with Crippen LogP contribution < -0.4 is 10.6 Å². The van der Waals surface area contributed by atoms with E-state index in [1.807, 2.05) is 18.2 Å². The number of primary amides is 1. The van der Waals surface area contributed by atoms with E-state index in [4.69, 9.17) is 5.73 Å². The molecule has 3 N–H and O–H groups in total. The number of amides is 2. The quantitative estimate of drug-likeness (QED) is 0.784. The Morgan fingerprint density at radius 1 is 1.30 bits per heavy atom. The minimum atomic E-state index is -0.435. The van der Waals surface area contributed by atoms with Crippen molar-refractivity contribution in [1.82, 2.24) is 4.98 Å². The Balaban J connectivity index is 0.000001000. The first-order chi connectivity index (χ1) is 8.58. The monoisotopic (exact) mass is 275 g/mol. The van der Waals surface area contributed by atoms with Crippen LogP contribution in [0.1, 0.15) is 37.8 Å². The second-order valence-electron chi connectivity index (χ2n) is 4.50. The van der Waals surface area contributed by atoms with Crippen LogP contribution in [0.3, 0.4) is 0 Å². The van der Waals surface area contributed by atoms with Crippen LogP contribution in [-0.2, 0) is 6.42 Å². The second-order valence-corrected chi connectivity index (χ2v) is 4.50. The summed E-state index contributed by atoms with van der Waals surface area (Å²) in [6, 6.07) is 5.16. The first kappa shape index (κ1) is 15.8. The minimum absolute atomic E-state index is 0. The van der Waals surface area contributed by atoms with Gasteiger partial charge in [0.25, 0.3) is 0 Å². The molecular weight excluding hydrogens is 254 g/mol. The average molecular weight is 275 g/mol. The van der Waals surface area contributed by atoms with Gasteiger partial charge in [-0.25, -0.2) is 4.79 Å². The fourth-order valence-corrected chi connectivity index (χ4v) is 2.53. The number of benzene rings is 1. The zero-order valence-electron chi connectivity index (χ0n) is 9.99. The van der Waals surface area contributed by atoms with Crippen LogP contribution in [0.5, 0.6) is 0 Å². The van der Waals surface area contributed by atoms with Gasteiger partial charge in [0, 0.05) is 30.1 Å². The molecule has 0 saturated carbocycles. The highest BCUT2D eigenvalue weighted by Gasteiger charge is 2.25. The van der Waals surface area contributed by atoms with Gasteiger partial charge in [-0.05, 0) is 30.2 Å². The molecule has 1 aliphatic rings. The van der Waals surface area contributed by atoms with Crippen LogP contribution in [-0.4, -0.2) is 23.3 Å². The number of nitrogens with zero attached hydrogens (tertiary/aromatic N) is 1. The maximum Gasteiger partial charge on any atom is 0.319 e. The van der Waals surface area contributed by atoms with E-state index in [0.29, 0.717) is 12.2 Å². The van der Waals surface area contributed by atoms with Crippen molar-refractivity contribution in [2.45, 2.75) is 28.2 Å². The fourth-order valence-electron chi connectivity index (χ4n) is 2.53. The first-order valence-electron chi connectivity index (χ1n) is 5.80. The predicted molar refractivity (Wildman–Crippen MR) is 82.4 cm³/mol. The van der Waals surface area contributed by atoms with Crippen molar-refractivity contribution in [3.8, 4) is 0 Å². The van der Waals surface area contributed by atoms with Gasteiger partial charge < -0.3 is 10.7 Å². The molecule has 1 aromatic heterocycles. The summed E-state index contributed by atoms with van der Waals surface area (Å²) in [6.07, 6.45) is 0.769. The number of aromatic nitrogens is 1. The molecule has 0 saturated heterocycles. The number of anilines is 1. The number of hydrogen-bond acceptors (Lipinski definition) is 2. The van der Waals surface area contributed by atoms with E-state index in [1.165, 1.54) is 6.92 Å². The Morgan fingerprint density at radius 2 is 2.00 bits per heavy atom. The molecule has 0 unspecified atom stereocenters. The first-order valence-corrected chi connectivity index (χ1v) is 5.80. The summed E-state index contributed by atoms with van der Waals surface area (Å²) in [5, 5.41) is 1.00. The Kier molecular flexibility index (Phi) is 4.23. The summed E-state index contributed by atoms with van der Waals surface area (Å²) in [6.45, 7) is 2.13. The standard InChI is InChI=1S/C13H13N3O2.2CH4/c1-7(17)11-6-9-8-4-5-16(13(14)18)12(8)3-2-10(9)15-11;;/h2-3,6,15H,4-5H2,1H3,(H2,14,18);2*1H4. The molecule has 20 heavy (non-hydrogen) atoms. The number of urea groups is 1. The molecule has 0 fully saturated rings. The summed E-state index contributed by atoms with van der Waals surface area (Å²) in [4.78, 5) is 27.3. The molecule has 5 heteroatoms. The molecule has 0 bridgehead atoms. The third-order valence-electron chi connectivity index (χ3n) is 3.41. The molecule has 0 aliphatic carbocycles. The molecular formula is C15H21N3O2. The van der Waals surface area contributed by atoms with E-state index in [9.17, 15) is 9.59 Å². The Hall–Kier alpha value is -2.30. The van der Waals surface area contributed by atoms with Crippen LogP contribution >= 0.6 is 0 Å². The third kappa shape index (κ3) is 2.15. The van der Waals surface area contributed by atoms with Crippen molar-refractivity contribution >= 4 is 28.4 Å². The van der Waals surface area contributed by atoms with Gasteiger partial charge in [0.1, 0.15) is 0 Å². The van der Waals surface area contributed by atoms with E-state index < -0.39 is 6.03 Å². The molecule has 2 amide bonds. The highest BCUT2D eigenvalue weighted by atomic mass is 16.2. The number of carbonyl (C=O) groups excluding carboxylic acids is 2. The van der Waals surface area contributed by atoms with Gasteiger partial charge in [-0.3, -0.25) is 9.69 Å². The molecule has 1 aliphatic heterocycles. The Labute approximate surface area is 118 Å². The number of carbonyl (C=O) groups is 2. The molecule has 0 atom stereocenters. The molecule has 5 nitrogen and oxygen atoms in total. The van der Waals surface area contributed by atoms with E-state index >= 15 is 0 Å². The zero-order chi connectivity index (χ0) is 12.9. The van der Waals surface area contributed by atoms with Crippen molar-refractivity contribution < 1.29 is 9.59 Å². The smallest absolute Gasteiger partial charge is 0.319 e. The van der Waals surface area contributed by atoms with Gasteiger partial charge in [0.2, 0.25) is 0 Å². The summed E-state index contributed by atoms with van der Waals surface area (Å²) in [7, 11) is 0. The molecule has 3 rings (SSSR count). The zero-order valence-corrected chi connectivity index (χ0v) is 9.99. The average Bonchev–Trinajstić information content (AvgIpc) is 2.91. The van der Waals surface area contributed by atoms with Gasteiger partial charge in [-0.15, -0.1) is 0 Å². The van der Waals surface area contributed by atoms with Crippen LogP contribution in [0.15, 0.2) is 18.2 Å². The number of fused-ring (bicyclic) bond motifs is 3. The molecule has 0 spiro atoms. The molecule has 2 heterocycles. The van der Waals surface area contributed by atoms with Gasteiger partial charge in [0.05, 0.1) is 5.69 Å². The van der Waals surface area contributed by atoms with Gasteiger partial charge in [0.15, 0.2) is 5.78 Å². The number of nitrogens with two attached hydrogens (primary N) is 1. The van der Waals surface area contributed by atoms with Crippen LogP contribution in [0.4, 0.5) is 10.5 Å². The summed E-state index contributed by atoms with van der Waals surface area (Å²) in [5.41, 5.74) is 8.78. The van der Waals surface area contributed by atoms with E-state index in [-0.39, 0.29) is 20.6 Å².